The van der Waals surface area contributed by atoms with Gasteiger partial charge in [0.2, 0.25) is 0 Å². The molecule has 2 aromatic carbocycles. The number of carbonyl (C=O) groups excluding carboxylic acids is 1. The number of carboxylic acid groups (broad SMARTS) is 1. The Kier molecular flexibility index (Phi) is 8.63. The molecule has 0 aliphatic rings. The number of esters is 1. The molecule has 0 bridgehead atoms. The molecule has 2 aromatic rings. The fraction of sp³-hybridized carbons (Fsp3) is 0.158. The number of rotatable bonds is 5. The van der Waals surface area contributed by atoms with E-state index < -0.39 is 24.8 Å². The van der Waals surface area contributed by atoms with Gasteiger partial charge >= 0.3 is 11.9 Å². The van der Waals surface area contributed by atoms with Crippen LogP contribution in [0.5, 0.6) is 0 Å². The maximum absolute atomic E-state index is 11.1. The normalized spacial score (nSPS) is 11.7. The van der Waals surface area contributed by atoms with Gasteiger partial charge in [-0.2, -0.15) is 0 Å². The second kappa shape index (κ2) is 10.7. The second-order valence-electron chi connectivity index (χ2n) is 4.95. The van der Waals surface area contributed by atoms with E-state index in [1.165, 1.54) is 0 Å². The number of benzene rings is 2. The molecule has 1 atom stereocenters. The molecule has 0 spiro atoms. The summed E-state index contributed by atoms with van der Waals surface area (Å²) < 4.78 is 4.42. The minimum Gasteiger partial charge on any atom is -0.479 e. The van der Waals surface area contributed by atoms with Crippen molar-refractivity contribution in [2.24, 2.45) is 0 Å². The fourth-order valence-corrected chi connectivity index (χ4v) is 1.81. The summed E-state index contributed by atoms with van der Waals surface area (Å²) in [6.45, 7) is 1.06. The third-order valence-corrected chi connectivity index (χ3v) is 3.05. The molecular formula is C19H20O6. The smallest absolute Gasteiger partial charge is 0.337 e. The van der Waals surface area contributed by atoms with Crippen LogP contribution in [0, 0.1) is 0 Å². The molecule has 3 N–H and O–H groups in total. The van der Waals surface area contributed by atoms with Crippen molar-refractivity contribution in [1.29, 1.82) is 0 Å². The van der Waals surface area contributed by atoms with Gasteiger partial charge in [0, 0.05) is 5.57 Å². The Bertz CT molecular complexity index is 694. The summed E-state index contributed by atoms with van der Waals surface area (Å²) >= 11 is 0. The number of aliphatic carboxylic acids is 1. The highest BCUT2D eigenvalue weighted by Gasteiger charge is 2.14. The van der Waals surface area contributed by atoms with E-state index in [9.17, 15) is 9.59 Å². The van der Waals surface area contributed by atoms with E-state index in [1.54, 1.807) is 43.3 Å². The molecule has 0 amide bonds. The maximum Gasteiger partial charge on any atom is 0.337 e. The van der Waals surface area contributed by atoms with Gasteiger partial charge in [-0.3, -0.25) is 0 Å². The number of carbonyl (C=O) groups is 2. The molecule has 132 valence electrons. The molecule has 6 nitrogen and oxygen atoms in total. The Morgan fingerprint density at radius 3 is 2.04 bits per heavy atom. The maximum atomic E-state index is 11.1. The van der Waals surface area contributed by atoms with Crippen molar-refractivity contribution < 1.29 is 29.6 Å². The van der Waals surface area contributed by atoms with Crippen LogP contribution in [0.25, 0.3) is 6.08 Å². The Labute approximate surface area is 145 Å². The predicted octanol–water partition coefficient (Wildman–Crippen LogP) is 2.39. The lowest BCUT2D eigenvalue weighted by Gasteiger charge is -2.03. The van der Waals surface area contributed by atoms with Crippen LogP contribution in [0.3, 0.4) is 0 Å². The van der Waals surface area contributed by atoms with Crippen molar-refractivity contribution in [2.75, 3.05) is 6.79 Å². The van der Waals surface area contributed by atoms with Gasteiger partial charge in [0.25, 0.3) is 0 Å². The zero-order chi connectivity index (χ0) is 18.7. The van der Waals surface area contributed by atoms with Crippen LogP contribution in [-0.4, -0.2) is 34.1 Å². The number of hydrogen-bond acceptors (Lipinski definition) is 5. The third-order valence-electron chi connectivity index (χ3n) is 3.05. The van der Waals surface area contributed by atoms with Crippen LogP contribution >= 0.6 is 0 Å². The Morgan fingerprint density at radius 1 is 1.04 bits per heavy atom. The monoisotopic (exact) mass is 344 g/mol. The Morgan fingerprint density at radius 2 is 1.56 bits per heavy atom. The molecule has 0 aromatic heterocycles. The number of aliphatic hydroxyl groups excluding tert-OH is 2. The standard InChI is InChI=1S/C11H12O3.C8H8O3/c1-9(11(13)14-8-12)7-10-5-3-2-4-6-10;9-7(8(10)11)6-4-2-1-3-5-6/h2-7,12H,8H2,1H3;1-5,7,9H,(H,10,11). The molecule has 0 saturated carbocycles. The van der Waals surface area contributed by atoms with Crippen LogP contribution in [0.1, 0.15) is 24.2 Å². The van der Waals surface area contributed by atoms with Crippen molar-refractivity contribution in [3.8, 4) is 0 Å². The molecule has 0 aliphatic carbocycles. The summed E-state index contributed by atoms with van der Waals surface area (Å²) in [6.07, 6.45) is 0.300. The SMILES string of the molecule is CC(=Cc1ccccc1)C(=O)OCO.O=C(O)C(O)c1ccccc1. The summed E-state index contributed by atoms with van der Waals surface area (Å²) in [6, 6.07) is 17.7. The Balaban J connectivity index is 0.000000257. The van der Waals surface area contributed by atoms with E-state index in [4.69, 9.17) is 15.3 Å². The zero-order valence-corrected chi connectivity index (χ0v) is 13.7. The highest BCUT2D eigenvalue weighted by atomic mass is 16.6. The quantitative estimate of drug-likeness (QED) is 0.437. The minimum atomic E-state index is -1.41. The number of carboxylic acids is 1. The summed E-state index contributed by atoms with van der Waals surface area (Å²) in [5, 5.41) is 25.8. The van der Waals surface area contributed by atoms with Gasteiger partial charge in [-0.15, -0.1) is 0 Å². The van der Waals surface area contributed by atoms with Gasteiger partial charge in [0.15, 0.2) is 12.9 Å². The molecule has 25 heavy (non-hydrogen) atoms. The first-order chi connectivity index (χ1) is 12.0. The summed E-state index contributed by atoms with van der Waals surface area (Å²) in [4.78, 5) is 21.3. The topological polar surface area (TPSA) is 104 Å². The summed E-state index contributed by atoms with van der Waals surface area (Å²) in [5.74, 6) is -1.73. The fourth-order valence-electron chi connectivity index (χ4n) is 1.81. The molecule has 0 heterocycles. The minimum absolute atomic E-state index is 0.403. The van der Waals surface area contributed by atoms with E-state index in [0.29, 0.717) is 11.1 Å². The van der Waals surface area contributed by atoms with Crippen LogP contribution in [0.15, 0.2) is 66.2 Å². The first-order valence-electron chi connectivity index (χ1n) is 7.43. The Hall–Kier alpha value is -2.96. The van der Waals surface area contributed by atoms with Crippen molar-refractivity contribution >= 4 is 18.0 Å². The molecule has 0 radical (unpaired) electrons. The van der Waals surface area contributed by atoms with Gasteiger partial charge < -0.3 is 20.1 Å². The van der Waals surface area contributed by atoms with E-state index >= 15 is 0 Å². The van der Waals surface area contributed by atoms with E-state index in [0.717, 1.165) is 5.56 Å². The van der Waals surface area contributed by atoms with Crippen LogP contribution in [0.4, 0.5) is 0 Å². The average molecular weight is 344 g/mol. The number of ether oxygens (including phenoxy) is 1. The second-order valence-corrected chi connectivity index (χ2v) is 4.95. The molecule has 0 aliphatic heterocycles. The number of aliphatic hydroxyl groups is 2. The molecular weight excluding hydrogens is 324 g/mol. The lowest BCUT2D eigenvalue weighted by atomic mass is 10.1. The van der Waals surface area contributed by atoms with Crippen molar-refractivity contribution in [3.63, 3.8) is 0 Å². The van der Waals surface area contributed by atoms with Crippen molar-refractivity contribution in [1.82, 2.24) is 0 Å². The molecule has 0 saturated heterocycles. The molecule has 6 heteroatoms. The van der Waals surface area contributed by atoms with Gasteiger partial charge in [-0.25, -0.2) is 9.59 Å². The average Bonchev–Trinajstić information content (AvgIpc) is 2.63. The van der Waals surface area contributed by atoms with Crippen LogP contribution in [-0.2, 0) is 14.3 Å². The third kappa shape index (κ3) is 7.43. The van der Waals surface area contributed by atoms with E-state index in [-0.39, 0.29) is 0 Å². The van der Waals surface area contributed by atoms with E-state index in [2.05, 4.69) is 4.74 Å². The lowest BCUT2D eigenvalue weighted by Crippen LogP contribution is -2.09. The van der Waals surface area contributed by atoms with Gasteiger partial charge in [-0.1, -0.05) is 60.7 Å². The van der Waals surface area contributed by atoms with Crippen molar-refractivity contribution in [3.05, 3.63) is 77.4 Å². The van der Waals surface area contributed by atoms with Crippen LogP contribution in [0.2, 0.25) is 0 Å². The predicted molar refractivity (Wildman–Crippen MR) is 92.3 cm³/mol. The largest absolute Gasteiger partial charge is 0.479 e. The van der Waals surface area contributed by atoms with Crippen LogP contribution < -0.4 is 0 Å². The van der Waals surface area contributed by atoms with Gasteiger partial charge in [-0.05, 0) is 24.1 Å². The molecule has 1 unspecified atom stereocenters. The van der Waals surface area contributed by atoms with Gasteiger partial charge in [0.1, 0.15) is 0 Å². The van der Waals surface area contributed by atoms with Crippen molar-refractivity contribution in [2.45, 2.75) is 13.0 Å². The molecule has 2 rings (SSSR count). The first-order valence-corrected chi connectivity index (χ1v) is 7.43. The lowest BCUT2D eigenvalue weighted by molar-refractivity contribution is -0.147. The zero-order valence-electron chi connectivity index (χ0n) is 13.7. The highest BCUT2D eigenvalue weighted by Crippen LogP contribution is 2.11. The first kappa shape index (κ1) is 20.1. The summed E-state index contributed by atoms with van der Waals surface area (Å²) in [7, 11) is 0. The van der Waals surface area contributed by atoms with E-state index in [1.807, 2.05) is 30.3 Å². The molecule has 0 fully saturated rings. The highest BCUT2D eigenvalue weighted by molar-refractivity contribution is 5.92. The number of hydrogen-bond donors (Lipinski definition) is 3. The summed E-state index contributed by atoms with van der Waals surface area (Å²) in [5.41, 5.74) is 1.80. The van der Waals surface area contributed by atoms with Gasteiger partial charge in [0.05, 0.1) is 0 Å².